The predicted molar refractivity (Wildman–Crippen MR) is 71.9 cm³/mol. The van der Waals surface area contributed by atoms with Crippen LogP contribution in [0.15, 0.2) is 35.2 Å². The number of rotatable bonds is 6. The monoisotopic (exact) mass is 247 g/mol. The topological polar surface area (TPSA) is 50.9 Å². The van der Waals surface area contributed by atoms with Gasteiger partial charge in [-0.3, -0.25) is 0 Å². The third kappa shape index (κ3) is 3.63. The lowest BCUT2D eigenvalue weighted by Gasteiger charge is -2.09. The number of aromatic nitrogens is 1. The molecule has 2 rings (SSSR count). The maximum absolute atomic E-state index is 5.61. The van der Waals surface area contributed by atoms with Crippen molar-refractivity contribution in [3.8, 4) is 0 Å². The van der Waals surface area contributed by atoms with Crippen molar-refractivity contribution >= 4 is 11.3 Å². The van der Waals surface area contributed by atoms with Crippen molar-refractivity contribution in [1.29, 1.82) is 0 Å². The molecule has 0 fully saturated rings. The Morgan fingerprint density at radius 2 is 2.00 bits per heavy atom. The van der Waals surface area contributed by atoms with E-state index in [9.17, 15) is 0 Å². The van der Waals surface area contributed by atoms with Crippen LogP contribution in [0.2, 0.25) is 0 Å². The molecule has 0 radical (unpaired) electrons. The summed E-state index contributed by atoms with van der Waals surface area (Å²) in [4.78, 5) is 4.24. The fourth-order valence-electron chi connectivity index (χ4n) is 1.78. The molecule has 3 N–H and O–H groups in total. The quantitative estimate of drug-likeness (QED) is 0.820. The van der Waals surface area contributed by atoms with Crippen LogP contribution in [0.5, 0.6) is 0 Å². The highest BCUT2D eigenvalue weighted by Gasteiger charge is 2.01. The minimum absolute atomic E-state index is 0.698. The predicted octanol–water partition coefficient (Wildman–Crippen LogP) is 1.93. The van der Waals surface area contributed by atoms with Crippen molar-refractivity contribution in [2.75, 3.05) is 6.54 Å². The molecule has 0 saturated heterocycles. The van der Waals surface area contributed by atoms with E-state index < -0.39 is 0 Å². The van der Waals surface area contributed by atoms with Crippen LogP contribution in [0, 0.1) is 0 Å². The van der Waals surface area contributed by atoms with Gasteiger partial charge in [-0.15, -0.1) is 11.3 Å². The van der Waals surface area contributed by atoms with Gasteiger partial charge in [-0.05, 0) is 24.1 Å². The third-order valence-corrected chi connectivity index (χ3v) is 3.27. The summed E-state index contributed by atoms with van der Waals surface area (Å²) in [5.74, 6) is 0. The van der Waals surface area contributed by atoms with Gasteiger partial charge in [-0.1, -0.05) is 24.3 Å². The lowest BCUT2D eigenvalue weighted by Crippen LogP contribution is -2.15. The Morgan fingerprint density at radius 3 is 2.71 bits per heavy atom. The number of nitrogens with one attached hydrogen (secondary N) is 1. The summed E-state index contributed by atoms with van der Waals surface area (Å²) in [5, 5.41) is 5.47. The highest BCUT2D eigenvalue weighted by Crippen LogP contribution is 2.09. The Labute approximate surface area is 106 Å². The summed E-state index contributed by atoms with van der Waals surface area (Å²) in [7, 11) is 0. The first-order valence-corrected chi connectivity index (χ1v) is 6.69. The van der Waals surface area contributed by atoms with Crippen LogP contribution in [0.3, 0.4) is 0 Å². The average molecular weight is 247 g/mol. The second-order valence-electron chi connectivity index (χ2n) is 3.89. The van der Waals surface area contributed by atoms with E-state index >= 15 is 0 Å². The Bertz CT molecular complexity index is 440. The molecule has 0 spiro atoms. The first kappa shape index (κ1) is 12.2. The SMILES string of the molecule is NCCc1ccccc1CNCc1cscn1. The normalized spacial score (nSPS) is 10.6. The van der Waals surface area contributed by atoms with Crippen molar-refractivity contribution in [2.45, 2.75) is 19.5 Å². The molecule has 90 valence electrons. The van der Waals surface area contributed by atoms with Gasteiger partial charge in [-0.2, -0.15) is 0 Å². The fourth-order valence-corrected chi connectivity index (χ4v) is 2.34. The van der Waals surface area contributed by atoms with E-state index in [1.54, 1.807) is 11.3 Å². The molecule has 0 unspecified atom stereocenters. The average Bonchev–Trinajstić information content (AvgIpc) is 2.85. The number of hydrogen-bond acceptors (Lipinski definition) is 4. The Morgan fingerprint density at radius 1 is 1.18 bits per heavy atom. The lowest BCUT2D eigenvalue weighted by molar-refractivity contribution is 0.677. The largest absolute Gasteiger partial charge is 0.330 e. The van der Waals surface area contributed by atoms with E-state index in [-0.39, 0.29) is 0 Å². The minimum atomic E-state index is 0.698. The van der Waals surface area contributed by atoms with Gasteiger partial charge < -0.3 is 11.1 Å². The second kappa shape index (κ2) is 6.49. The first-order chi connectivity index (χ1) is 8.40. The highest BCUT2D eigenvalue weighted by atomic mass is 32.1. The summed E-state index contributed by atoms with van der Waals surface area (Å²) >= 11 is 1.63. The zero-order valence-electron chi connectivity index (χ0n) is 9.73. The maximum Gasteiger partial charge on any atom is 0.0795 e. The van der Waals surface area contributed by atoms with Crippen LogP contribution in [0.4, 0.5) is 0 Å². The van der Waals surface area contributed by atoms with Crippen LogP contribution in [0.1, 0.15) is 16.8 Å². The lowest BCUT2D eigenvalue weighted by atomic mass is 10.0. The van der Waals surface area contributed by atoms with Crippen molar-refractivity contribution < 1.29 is 0 Å². The second-order valence-corrected chi connectivity index (χ2v) is 4.61. The molecule has 3 nitrogen and oxygen atoms in total. The van der Waals surface area contributed by atoms with Crippen LogP contribution in [0.25, 0.3) is 0 Å². The Balaban J connectivity index is 1.89. The number of nitrogens with two attached hydrogens (primary N) is 1. The van der Waals surface area contributed by atoms with Gasteiger partial charge in [0.25, 0.3) is 0 Å². The number of benzene rings is 1. The highest BCUT2D eigenvalue weighted by molar-refractivity contribution is 7.07. The van der Waals surface area contributed by atoms with Crippen molar-refractivity contribution in [3.63, 3.8) is 0 Å². The molecule has 1 aromatic heterocycles. The van der Waals surface area contributed by atoms with Crippen molar-refractivity contribution in [1.82, 2.24) is 10.3 Å². The molecule has 2 aromatic rings. The van der Waals surface area contributed by atoms with Gasteiger partial charge in [0, 0.05) is 18.5 Å². The van der Waals surface area contributed by atoms with E-state index in [1.807, 2.05) is 5.51 Å². The summed E-state index contributed by atoms with van der Waals surface area (Å²) in [6.45, 7) is 2.39. The summed E-state index contributed by atoms with van der Waals surface area (Å²) in [5.41, 5.74) is 11.2. The zero-order chi connectivity index (χ0) is 11.9. The maximum atomic E-state index is 5.61. The number of thiazole rings is 1. The molecule has 0 atom stereocenters. The minimum Gasteiger partial charge on any atom is -0.330 e. The van der Waals surface area contributed by atoms with Gasteiger partial charge in [0.1, 0.15) is 0 Å². The Hall–Kier alpha value is -1.23. The fraction of sp³-hybridized carbons (Fsp3) is 0.308. The summed E-state index contributed by atoms with van der Waals surface area (Å²) in [6.07, 6.45) is 0.939. The van der Waals surface area contributed by atoms with E-state index in [2.05, 4.69) is 39.9 Å². The van der Waals surface area contributed by atoms with Gasteiger partial charge in [0.2, 0.25) is 0 Å². The molecule has 1 aromatic carbocycles. The van der Waals surface area contributed by atoms with Crippen LogP contribution in [-0.2, 0) is 19.5 Å². The Kier molecular flexibility index (Phi) is 4.67. The third-order valence-electron chi connectivity index (χ3n) is 2.64. The molecule has 17 heavy (non-hydrogen) atoms. The van der Waals surface area contributed by atoms with E-state index in [0.29, 0.717) is 6.54 Å². The molecule has 1 heterocycles. The van der Waals surface area contributed by atoms with E-state index in [1.165, 1.54) is 11.1 Å². The molecular weight excluding hydrogens is 230 g/mol. The molecular formula is C13H17N3S. The summed E-state index contributed by atoms with van der Waals surface area (Å²) < 4.78 is 0. The van der Waals surface area contributed by atoms with E-state index in [0.717, 1.165) is 25.2 Å². The number of nitrogens with zero attached hydrogens (tertiary/aromatic N) is 1. The van der Waals surface area contributed by atoms with Crippen molar-refractivity contribution in [3.05, 3.63) is 52.0 Å². The smallest absolute Gasteiger partial charge is 0.0795 e. The van der Waals surface area contributed by atoms with Crippen LogP contribution >= 0.6 is 11.3 Å². The summed E-state index contributed by atoms with van der Waals surface area (Å²) in [6, 6.07) is 8.43. The molecule has 0 bridgehead atoms. The molecule has 0 amide bonds. The van der Waals surface area contributed by atoms with Gasteiger partial charge >= 0.3 is 0 Å². The van der Waals surface area contributed by atoms with Crippen molar-refractivity contribution in [2.24, 2.45) is 5.73 Å². The van der Waals surface area contributed by atoms with E-state index in [4.69, 9.17) is 5.73 Å². The molecule has 0 aliphatic heterocycles. The van der Waals surface area contributed by atoms with Gasteiger partial charge in [-0.25, -0.2) is 4.98 Å². The standard InChI is InChI=1S/C13H17N3S/c14-6-5-11-3-1-2-4-12(11)7-15-8-13-9-17-10-16-13/h1-4,9-10,15H,5-8,14H2. The molecule has 0 saturated carbocycles. The van der Waals surface area contributed by atoms with Gasteiger partial charge in [0.15, 0.2) is 0 Å². The zero-order valence-corrected chi connectivity index (χ0v) is 10.5. The molecule has 0 aliphatic rings. The first-order valence-electron chi connectivity index (χ1n) is 5.75. The van der Waals surface area contributed by atoms with Crippen LogP contribution < -0.4 is 11.1 Å². The molecule has 4 heteroatoms. The van der Waals surface area contributed by atoms with Gasteiger partial charge in [0.05, 0.1) is 11.2 Å². The molecule has 0 aliphatic carbocycles. The number of hydrogen-bond donors (Lipinski definition) is 2. The van der Waals surface area contributed by atoms with Crippen LogP contribution in [-0.4, -0.2) is 11.5 Å².